The van der Waals surface area contributed by atoms with Crippen LogP contribution >= 0.6 is 15.9 Å². The summed E-state index contributed by atoms with van der Waals surface area (Å²) in [6.07, 6.45) is 1.63. The summed E-state index contributed by atoms with van der Waals surface area (Å²) in [5, 5.41) is 2.93. The van der Waals surface area contributed by atoms with Crippen molar-refractivity contribution in [1.82, 2.24) is 5.32 Å². The van der Waals surface area contributed by atoms with Gasteiger partial charge in [0.2, 0.25) is 5.91 Å². The van der Waals surface area contributed by atoms with Gasteiger partial charge in [-0.2, -0.15) is 0 Å². The van der Waals surface area contributed by atoms with Gasteiger partial charge in [-0.3, -0.25) is 4.79 Å². The summed E-state index contributed by atoms with van der Waals surface area (Å²) in [7, 11) is 0. The van der Waals surface area contributed by atoms with Crippen LogP contribution in [-0.2, 0) is 4.79 Å². The van der Waals surface area contributed by atoms with Crippen LogP contribution in [0.5, 0.6) is 0 Å². The number of hydrogen-bond acceptors (Lipinski definition) is 2. The third-order valence-electron chi connectivity index (χ3n) is 2.67. The fourth-order valence-electron chi connectivity index (χ4n) is 1.67. The van der Waals surface area contributed by atoms with Crippen molar-refractivity contribution in [2.45, 2.75) is 38.8 Å². The van der Waals surface area contributed by atoms with Crippen molar-refractivity contribution in [1.29, 1.82) is 0 Å². The number of carbonyl (C=O) groups is 1. The number of rotatable bonds is 5. The summed E-state index contributed by atoms with van der Waals surface area (Å²) < 4.78 is 0.997. The Morgan fingerprint density at radius 1 is 1.47 bits per heavy atom. The molecule has 3 N–H and O–H groups in total. The molecule has 0 aromatic heterocycles. The van der Waals surface area contributed by atoms with Crippen LogP contribution in [0.15, 0.2) is 28.7 Å². The average Bonchev–Trinajstić information content (AvgIpc) is 2.29. The molecule has 0 unspecified atom stereocenters. The van der Waals surface area contributed by atoms with Gasteiger partial charge in [0.25, 0.3) is 0 Å². The summed E-state index contributed by atoms with van der Waals surface area (Å²) in [4.78, 5) is 11.8. The summed E-state index contributed by atoms with van der Waals surface area (Å²) in [5.74, 6) is -0.0879. The molecule has 0 fully saturated rings. The van der Waals surface area contributed by atoms with Gasteiger partial charge in [0, 0.05) is 4.47 Å². The van der Waals surface area contributed by atoms with E-state index < -0.39 is 6.04 Å². The highest BCUT2D eigenvalue weighted by Crippen LogP contribution is 2.22. The first kappa shape index (κ1) is 14.2. The topological polar surface area (TPSA) is 55.1 Å². The molecule has 0 bridgehead atoms. The minimum absolute atomic E-state index is 0.0408. The summed E-state index contributed by atoms with van der Waals surface area (Å²) in [5.41, 5.74) is 6.83. The number of benzene rings is 1. The molecule has 0 heterocycles. The Bertz CT molecular complexity index is 381. The Hall–Kier alpha value is -0.870. The highest BCUT2D eigenvalue weighted by Gasteiger charge is 2.16. The van der Waals surface area contributed by atoms with Crippen LogP contribution in [0.3, 0.4) is 0 Å². The molecule has 4 heteroatoms. The molecule has 2 atom stereocenters. The molecular formula is C13H19BrN2O. The molecule has 0 saturated heterocycles. The van der Waals surface area contributed by atoms with Crippen LogP contribution in [0.25, 0.3) is 0 Å². The molecule has 1 aromatic carbocycles. The molecule has 1 rings (SSSR count). The molecule has 3 nitrogen and oxygen atoms in total. The first-order valence-electron chi connectivity index (χ1n) is 5.86. The van der Waals surface area contributed by atoms with Gasteiger partial charge in [-0.05, 0) is 25.0 Å². The Labute approximate surface area is 111 Å². The van der Waals surface area contributed by atoms with Gasteiger partial charge in [0.1, 0.15) is 0 Å². The Morgan fingerprint density at radius 2 is 2.12 bits per heavy atom. The highest BCUT2D eigenvalue weighted by atomic mass is 79.9. The number of hydrogen-bond donors (Lipinski definition) is 2. The van der Waals surface area contributed by atoms with E-state index in [9.17, 15) is 4.79 Å². The van der Waals surface area contributed by atoms with Crippen LogP contribution < -0.4 is 11.1 Å². The second-order valence-electron chi connectivity index (χ2n) is 4.15. The molecular weight excluding hydrogens is 280 g/mol. The van der Waals surface area contributed by atoms with Gasteiger partial charge < -0.3 is 11.1 Å². The van der Waals surface area contributed by atoms with Crippen molar-refractivity contribution in [3.05, 3.63) is 34.3 Å². The lowest BCUT2D eigenvalue weighted by molar-refractivity contribution is -0.123. The maximum absolute atomic E-state index is 11.8. The summed E-state index contributed by atoms with van der Waals surface area (Å²) >= 11 is 3.47. The predicted molar refractivity (Wildman–Crippen MR) is 73.6 cm³/mol. The van der Waals surface area contributed by atoms with Crippen molar-refractivity contribution in [2.24, 2.45) is 5.73 Å². The molecule has 94 valence electrons. The first-order valence-corrected chi connectivity index (χ1v) is 6.66. The number of nitrogens with one attached hydrogen (secondary N) is 1. The molecule has 0 aliphatic carbocycles. The smallest absolute Gasteiger partial charge is 0.237 e. The Kier molecular flexibility index (Phi) is 5.65. The third-order valence-corrected chi connectivity index (χ3v) is 3.39. The predicted octanol–water partition coefficient (Wildman–Crippen LogP) is 2.75. The Morgan fingerprint density at radius 3 is 2.71 bits per heavy atom. The summed E-state index contributed by atoms with van der Waals surface area (Å²) in [6, 6.07) is 7.40. The monoisotopic (exact) mass is 298 g/mol. The maximum Gasteiger partial charge on any atom is 0.237 e. The molecule has 1 aromatic rings. The highest BCUT2D eigenvalue weighted by molar-refractivity contribution is 9.10. The van der Waals surface area contributed by atoms with Gasteiger partial charge in [-0.25, -0.2) is 0 Å². The normalized spacial score (nSPS) is 14.1. The largest absolute Gasteiger partial charge is 0.348 e. The standard InChI is InChI=1S/C13H19BrN2O/c1-3-6-12(15)13(17)16-9(2)10-7-4-5-8-11(10)14/h4-5,7-9,12H,3,6,15H2,1-2H3,(H,16,17)/t9-,12+/m0/s1. The number of carbonyl (C=O) groups excluding carboxylic acids is 1. The molecule has 17 heavy (non-hydrogen) atoms. The van der Waals surface area contributed by atoms with Gasteiger partial charge in [-0.15, -0.1) is 0 Å². The molecule has 0 radical (unpaired) electrons. The minimum atomic E-state index is -0.412. The van der Waals surface area contributed by atoms with E-state index in [1.54, 1.807) is 0 Å². The first-order chi connectivity index (χ1) is 8.06. The van der Waals surface area contributed by atoms with Crippen molar-refractivity contribution in [2.75, 3.05) is 0 Å². The second kappa shape index (κ2) is 6.77. The molecule has 0 saturated carbocycles. The van der Waals surface area contributed by atoms with E-state index in [1.165, 1.54) is 0 Å². The van der Waals surface area contributed by atoms with Crippen molar-refractivity contribution in [3.8, 4) is 0 Å². The maximum atomic E-state index is 11.8. The molecule has 0 aliphatic heterocycles. The van der Waals surface area contributed by atoms with Crippen LogP contribution in [-0.4, -0.2) is 11.9 Å². The molecule has 1 amide bonds. The van der Waals surface area contributed by atoms with Crippen LogP contribution in [0.2, 0.25) is 0 Å². The van der Waals surface area contributed by atoms with E-state index in [0.717, 1.165) is 16.5 Å². The van der Waals surface area contributed by atoms with Crippen molar-refractivity contribution >= 4 is 21.8 Å². The van der Waals surface area contributed by atoms with Gasteiger partial charge in [0.15, 0.2) is 0 Å². The van der Waals surface area contributed by atoms with E-state index in [2.05, 4.69) is 21.2 Å². The van der Waals surface area contributed by atoms with Crippen molar-refractivity contribution in [3.63, 3.8) is 0 Å². The van der Waals surface area contributed by atoms with Crippen molar-refractivity contribution < 1.29 is 4.79 Å². The van der Waals surface area contributed by atoms with Gasteiger partial charge in [0.05, 0.1) is 12.1 Å². The lowest BCUT2D eigenvalue weighted by atomic mass is 10.1. The fraction of sp³-hybridized carbons (Fsp3) is 0.462. The Balaban J connectivity index is 2.63. The van der Waals surface area contributed by atoms with Crippen LogP contribution in [0.1, 0.15) is 38.3 Å². The average molecular weight is 299 g/mol. The summed E-state index contributed by atoms with van der Waals surface area (Å²) in [6.45, 7) is 3.97. The SMILES string of the molecule is CCC[C@@H](N)C(=O)N[C@@H](C)c1ccccc1Br. The van der Waals surface area contributed by atoms with E-state index in [1.807, 2.05) is 38.1 Å². The number of amides is 1. The number of nitrogens with two attached hydrogens (primary N) is 1. The zero-order valence-corrected chi connectivity index (χ0v) is 11.8. The van der Waals surface area contributed by atoms with E-state index in [-0.39, 0.29) is 11.9 Å². The molecule has 0 spiro atoms. The van der Waals surface area contributed by atoms with Crippen LogP contribution in [0.4, 0.5) is 0 Å². The fourth-order valence-corrected chi connectivity index (χ4v) is 2.29. The molecule has 0 aliphatic rings. The van der Waals surface area contributed by atoms with E-state index >= 15 is 0 Å². The quantitative estimate of drug-likeness (QED) is 0.878. The third kappa shape index (κ3) is 4.13. The minimum Gasteiger partial charge on any atom is -0.348 e. The van der Waals surface area contributed by atoms with E-state index in [0.29, 0.717) is 6.42 Å². The zero-order chi connectivity index (χ0) is 12.8. The van der Waals surface area contributed by atoms with Gasteiger partial charge >= 0.3 is 0 Å². The number of halogens is 1. The second-order valence-corrected chi connectivity index (χ2v) is 5.00. The lowest BCUT2D eigenvalue weighted by Crippen LogP contribution is -2.41. The van der Waals surface area contributed by atoms with Crippen LogP contribution in [0, 0.1) is 0 Å². The van der Waals surface area contributed by atoms with Gasteiger partial charge in [-0.1, -0.05) is 47.5 Å². The van der Waals surface area contributed by atoms with E-state index in [4.69, 9.17) is 5.73 Å². The zero-order valence-electron chi connectivity index (χ0n) is 10.2. The lowest BCUT2D eigenvalue weighted by Gasteiger charge is -2.18.